The van der Waals surface area contributed by atoms with Crippen LogP contribution in [-0.2, 0) is 9.59 Å². The lowest BCUT2D eigenvalue weighted by atomic mass is 10.2. The molecule has 1 unspecified atom stereocenters. The average Bonchev–Trinajstić information content (AvgIpc) is 2.13. The van der Waals surface area contributed by atoms with Crippen LogP contribution in [0.1, 0.15) is 34.6 Å². The molecule has 4 nitrogen and oxygen atoms in total. The van der Waals surface area contributed by atoms with E-state index in [0.29, 0.717) is 12.5 Å². The van der Waals surface area contributed by atoms with Gasteiger partial charge in [0.2, 0.25) is 11.8 Å². The molecule has 0 rings (SSSR count). The summed E-state index contributed by atoms with van der Waals surface area (Å²) in [6, 6.07) is -0.460. The maximum absolute atomic E-state index is 11.5. The molecule has 0 saturated carbocycles. The Morgan fingerprint density at radius 2 is 1.53 bits per heavy atom. The van der Waals surface area contributed by atoms with Gasteiger partial charge in [-0.2, -0.15) is 0 Å². The van der Waals surface area contributed by atoms with Crippen LogP contribution < -0.4 is 10.6 Å². The Bertz CT molecular complexity index is 225. The monoisotopic (exact) mass is 214 g/mol. The van der Waals surface area contributed by atoms with Crippen LogP contribution in [0.5, 0.6) is 0 Å². The summed E-state index contributed by atoms with van der Waals surface area (Å²) in [6.45, 7) is 9.98. The van der Waals surface area contributed by atoms with Crippen LogP contribution in [0.25, 0.3) is 0 Å². The molecule has 0 aromatic rings. The van der Waals surface area contributed by atoms with Crippen molar-refractivity contribution >= 4 is 11.8 Å². The summed E-state index contributed by atoms with van der Waals surface area (Å²) in [4.78, 5) is 22.8. The first-order valence-corrected chi connectivity index (χ1v) is 5.42. The van der Waals surface area contributed by atoms with Gasteiger partial charge in [0.1, 0.15) is 6.04 Å². The van der Waals surface area contributed by atoms with Gasteiger partial charge in [0.25, 0.3) is 0 Å². The van der Waals surface area contributed by atoms with Crippen LogP contribution in [0.2, 0.25) is 0 Å². The predicted octanol–water partition coefficient (Wildman–Crippen LogP) is 0.919. The number of hydrogen-bond donors (Lipinski definition) is 2. The summed E-state index contributed by atoms with van der Waals surface area (Å²) in [6.07, 6.45) is 0. The average molecular weight is 214 g/mol. The summed E-state index contributed by atoms with van der Waals surface area (Å²) in [5.41, 5.74) is 0. The van der Waals surface area contributed by atoms with E-state index in [2.05, 4.69) is 10.6 Å². The fourth-order valence-corrected chi connectivity index (χ4v) is 0.903. The van der Waals surface area contributed by atoms with E-state index in [9.17, 15) is 9.59 Å². The molecule has 2 N–H and O–H groups in total. The van der Waals surface area contributed by atoms with Gasteiger partial charge in [0.15, 0.2) is 0 Å². The second-order valence-electron chi connectivity index (χ2n) is 4.52. The van der Waals surface area contributed by atoms with Crippen molar-refractivity contribution in [3.05, 3.63) is 0 Å². The lowest BCUT2D eigenvalue weighted by molar-refractivity contribution is -0.130. The molecular weight excluding hydrogens is 192 g/mol. The normalized spacial score (nSPS) is 12.7. The first-order chi connectivity index (χ1) is 6.84. The second-order valence-corrected chi connectivity index (χ2v) is 4.52. The maximum atomic E-state index is 11.5. The number of nitrogens with one attached hydrogen (secondary N) is 2. The molecule has 0 radical (unpaired) electrons. The quantitative estimate of drug-likeness (QED) is 0.715. The van der Waals surface area contributed by atoms with E-state index in [4.69, 9.17) is 0 Å². The van der Waals surface area contributed by atoms with Crippen molar-refractivity contribution in [2.75, 3.05) is 6.54 Å². The minimum atomic E-state index is -0.460. The first-order valence-electron chi connectivity index (χ1n) is 5.42. The molecular formula is C11H22N2O2. The lowest BCUT2D eigenvalue weighted by Gasteiger charge is -2.16. The number of amides is 2. The van der Waals surface area contributed by atoms with Crippen LogP contribution in [-0.4, -0.2) is 24.4 Å². The molecule has 0 bridgehead atoms. The van der Waals surface area contributed by atoms with Crippen LogP contribution in [0.4, 0.5) is 0 Å². The van der Waals surface area contributed by atoms with Gasteiger partial charge in [0, 0.05) is 12.5 Å². The van der Waals surface area contributed by atoms with Crippen LogP contribution in [0, 0.1) is 11.8 Å². The zero-order valence-electron chi connectivity index (χ0n) is 10.3. The van der Waals surface area contributed by atoms with Gasteiger partial charge < -0.3 is 10.6 Å². The Morgan fingerprint density at radius 3 is 1.93 bits per heavy atom. The predicted molar refractivity (Wildman–Crippen MR) is 60.3 cm³/mol. The Kier molecular flexibility index (Phi) is 5.97. The molecule has 2 amide bonds. The van der Waals surface area contributed by atoms with Crippen molar-refractivity contribution in [1.29, 1.82) is 0 Å². The number of hydrogen-bond acceptors (Lipinski definition) is 2. The fourth-order valence-electron chi connectivity index (χ4n) is 0.903. The molecule has 0 aromatic heterocycles. The van der Waals surface area contributed by atoms with Crippen molar-refractivity contribution < 1.29 is 9.59 Å². The van der Waals surface area contributed by atoms with E-state index in [-0.39, 0.29) is 17.7 Å². The van der Waals surface area contributed by atoms with Crippen molar-refractivity contribution in [2.45, 2.75) is 40.7 Å². The van der Waals surface area contributed by atoms with Gasteiger partial charge in [-0.15, -0.1) is 0 Å². The van der Waals surface area contributed by atoms with Crippen molar-refractivity contribution in [1.82, 2.24) is 10.6 Å². The third-order valence-electron chi connectivity index (χ3n) is 1.96. The van der Waals surface area contributed by atoms with E-state index in [1.54, 1.807) is 20.8 Å². The highest BCUT2D eigenvalue weighted by Gasteiger charge is 2.16. The van der Waals surface area contributed by atoms with Gasteiger partial charge in [0.05, 0.1) is 0 Å². The smallest absolute Gasteiger partial charge is 0.242 e. The maximum Gasteiger partial charge on any atom is 0.242 e. The Labute approximate surface area is 91.8 Å². The summed E-state index contributed by atoms with van der Waals surface area (Å²) in [5.74, 6) is 0.104. The number of rotatable bonds is 5. The van der Waals surface area contributed by atoms with E-state index in [1.165, 1.54) is 0 Å². The molecule has 0 heterocycles. The Balaban J connectivity index is 3.94. The highest BCUT2D eigenvalue weighted by Crippen LogP contribution is 1.94. The van der Waals surface area contributed by atoms with Gasteiger partial charge in [-0.25, -0.2) is 0 Å². The van der Waals surface area contributed by atoms with E-state index in [1.807, 2.05) is 13.8 Å². The zero-order chi connectivity index (χ0) is 12.0. The standard InChI is InChI=1S/C11H22N2O2/c1-7(2)6-12-11(15)9(5)13-10(14)8(3)4/h7-9H,6H2,1-5H3,(H,12,15)(H,13,14). The molecule has 0 aliphatic carbocycles. The minimum absolute atomic E-state index is 0.0923. The first kappa shape index (κ1) is 13.9. The highest BCUT2D eigenvalue weighted by atomic mass is 16.2. The van der Waals surface area contributed by atoms with E-state index in [0.717, 1.165) is 0 Å². The van der Waals surface area contributed by atoms with Crippen LogP contribution >= 0.6 is 0 Å². The Morgan fingerprint density at radius 1 is 1.00 bits per heavy atom. The Hall–Kier alpha value is -1.06. The van der Waals surface area contributed by atoms with Crippen molar-refractivity contribution in [2.24, 2.45) is 11.8 Å². The molecule has 0 fully saturated rings. The summed E-state index contributed by atoms with van der Waals surface area (Å²) >= 11 is 0. The lowest BCUT2D eigenvalue weighted by Crippen LogP contribution is -2.46. The molecule has 88 valence electrons. The third kappa shape index (κ3) is 6.10. The molecule has 15 heavy (non-hydrogen) atoms. The van der Waals surface area contributed by atoms with Crippen molar-refractivity contribution in [3.8, 4) is 0 Å². The van der Waals surface area contributed by atoms with Gasteiger partial charge in [-0.05, 0) is 12.8 Å². The second kappa shape index (κ2) is 6.43. The molecule has 0 aliphatic heterocycles. The molecule has 1 atom stereocenters. The third-order valence-corrected chi connectivity index (χ3v) is 1.96. The highest BCUT2D eigenvalue weighted by molar-refractivity contribution is 5.87. The van der Waals surface area contributed by atoms with Gasteiger partial charge >= 0.3 is 0 Å². The van der Waals surface area contributed by atoms with Crippen LogP contribution in [0.15, 0.2) is 0 Å². The topological polar surface area (TPSA) is 58.2 Å². The van der Waals surface area contributed by atoms with E-state index < -0.39 is 6.04 Å². The number of carbonyl (C=O) groups excluding carboxylic acids is 2. The SMILES string of the molecule is CC(C)CNC(=O)C(C)NC(=O)C(C)C. The summed E-state index contributed by atoms with van der Waals surface area (Å²) < 4.78 is 0. The molecule has 0 saturated heterocycles. The van der Waals surface area contributed by atoms with Gasteiger partial charge in [-0.3, -0.25) is 9.59 Å². The van der Waals surface area contributed by atoms with Crippen LogP contribution in [0.3, 0.4) is 0 Å². The summed E-state index contributed by atoms with van der Waals surface area (Å²) in [7, 11) is 0. The zero-order valence-corrected chi connectivity index (χ0v) is 10.3. The van der Waals surface area contributed by atoms with Gasteiger partial charge in [-0.1, -0.05) is 27.7 Å². The fraction of sp³-hybridized carbons (Fsp3) is 0.818. The molecule has 0 aromatic carbocycles. The molecule has 4 heteroatoms. The molecule has 0 spiro atoms. The largest absolute Gasteiger partial charge is 0.354 e. The molecule has 0 aliphatic rings. The van der Waals surface area contributed by atoms with E-state index >= 15 is 0 Å². The number of carbonyl (C=O) groups is 2. The minimum Gasteiger partial charge on any atom is -0.354 e. The summed E-state index contributed by atoms with van der Waals surface area (Å²) in [5, 5.41) is 5.42. The van der Waals surface area contributed by atoms with Crippen molar-refractivity contribution in [3.63, 3.8) is 0 Å².